The van der Waals surface area contributed by atoms with Gasteiger partial charge in [-0.2, -0.15) is 0 Å². The van der Waals surface area contributed by atoms with Gasteiger partial charge in [0.05, 0.1) is 17.6 Å². The van der Waals surface area contributed by atoms with E-state index in [1.807, 2.05) is 6.92 Å². The highest BCUT2D eigenvalue weighted by Gasteiger charge is 2.24. The SMILES string of the molecule is Cc1cnc(C(=O)N2CCc3nc(C(=O)Nc4ccc(Cl)cc4)sc3CC2)cn1. The van der Waals surface area contributed by atoms with E-state index in [1.165, 1.54) is 17.5 Å². The van der Waals surface area contributed by atoms with Gasteiger partial charge in [-0.25, -0.2) is 9.97 Å². The van der Waals surface area contributed by atoms with Crippen LogP contribution in [0.5, 0.6) is 0 Å². The molecule has 0 radical (unpaired) electrons. The molecule has 0 aliphatic carbocycles. The fourth-order valence-corrected chi connectivity index (χ4v) is 4.16. The molecule has 0 bridgehead atoms. The van der Waals surface area contributed by atoms with Gasteiger partial charge in [-0.05, 0) is 31.2 Å². The van der Waals surface area contributed by atoms with Gasteiger partial charge in [-0.1, -0.05) is 11.6 Å². The summed E-state index contributed by atoms with van der Waals surface area (Å²) in [6.45, 7) is 2.92. The van der Waals surface area contributed by atoms with Crippen molar-refractivity contribution in [3.8, 4) is 0 Å². The number of amides is 2. The lowest BCUT2D eigenvalue weighted by atomic mass is 10.2. The molecule has 0 saturated heterocycles. The molecule has 4 rings (SSSR count). The number of rotatable bonds is 3. The number of carbonyl (C=O) groups excluding carboxylic acids is 2. The van der Waals surface area contributed by atoms with Crippen molar-refractivity contribution in [2.24, 2.45) is 0 Å². The van der Waals surface area contributed by atoms with Gasteiger partial charge < -0.3 is 10.2 Å². The van der Waals surface area contributed by atoms with Crippen LogP contribution in [-0.2, 0) is 12.8 Å². The summed E-state index contributed by atoms with van der Waals surface area (Å²) < 4.78 is 0. The fraction of sp³-hybridized carbons (Fsp3) is 0.250. The van der Waals surface area contributed by atoms with Crippen LogP contribution in [0.3, 0.4) is 0 Å². The van der Waals surface area contributed by atoms with E-state index in [4.69, 9.17) is 11.6 Å². The molecule has 7 nitrogen and oxygen atoms in total. The van der Waals surface area contributed by atoms with Gasteiger partial charge in [-0.3, -0.25) is 14.6 Å². The number of nitrogens with zero attached hydrogens (tertiary/aromatic N) is 4. The first-order chi connectivity index (χ1) is 14.0. The Bertz CT molecular complexity index is 1020. The first-order valence-electron chi connectivity index (χ1n) is 9.13. The molecule has 29 heavy (non-hydrogen) atoms. The van der Waals surface area contributed by atoms with Crippen molar-refractivity contribution in [1.29, 1.82) is 0 Å². The van der Waals surface area contributed by atoms with E-state index in [9.17, 15) is 9.59 Å². The van der Waals surface area contributed by atoms with Crippen molar-refractivity contribution in [2.75, 3.05) is 18.4 Å². The van der Waals surface area contributed by atoms with E-state index in [0.717, 1.165) is 16.3 Å². The molecule has 1 aromatic carbocycles. The Morgan fingerprint density at radius 1 is 1.10 bits per heavy atom. The Morgan fingerprint density at radius 2 is 1.86 bits per heavy atom. The number of fused-ring (bicyclic) bond motifs is 1. The van der Waals surface area contributed by atoms with Gasteiger partial charge in [0, 0.05) is 47.7 Å². The molecule has 0 fully saturated rings. The minimum Gasteiger partial charge on any atom is -0.337 e. The maximum Gasteiger partial charge on any atom is 0.284 e. The number of thiazole rings is 1. The maximum absolute atomic E-state index is 12.7. The highest BCUT2D eigenvalue weighted by molar-refractivity contribution is 7.13. The number of hydrogen-bond donors (Lipinski definition) is 1. The van der Waals surface area contributed by atoms with Crippen LogP contribution in [0, 0.1) is 6.92 Å². The number of hydrogen-bond acceptors (Lipinski definition) is 6. The van der Waals surface area contributed by atoms with Crippen LogP contribution in [-0.4, -0.2) is 44.8 Å². The smallest absolute Gasteiger partial charge is 0.284 e. The summed E-state index contributed by atoms with van der Waals surface area (Å²) in [4.78, 5) is 40.8. The number of aryl methyl sites for hydroxylation is 1. The Balaban J connectivity index is 1.42. The summed E-state index contributed by atoms with van der Waals surface area (Å²) in [6, 6.07) is 6.93. The molecule has 3 heterocycles. The third-order valence-electron chi connectivity index (χ3n) is 4.59. The predicted octanol–water partition coefficient (Wildman–Crippen LogP) is 3.39. The highest BCUT2D eigenvalue weighted by Crippen LogP contribution is 2.24. The zero-order valence-electron chi connectivity index (χ0n) is 15.7. The summed E-state index contributed by atoms with van der Waals surface area (Å²) in [6.07, 6.45) is 4.36. The van der Waals surface area contributed by atoms with Crippen molar-refractivity contribution in [3.05, 3.63) is 68.6 Å². The lowest BCUT2D eigenvalue weighted by Crippen LogP contribution is -2.34. The van der Waals surface area contributed by atoms with Gasteiger partial charge in [0.2, 0.25) is 0 Å². The van der Waals surface area contributed by atoms with Gasteiger partial charge >= 0.3 is 0 Å². The molecule has 1 N–H and O–H groups in total. The molecule has 2 amide bonds. The largest absolute Gasteiger partial charge is 0.337 e. The van der Waals surface area contributed by atoms with E-state index in [2.05, 4.69) is 20.3 Å². The number of nitrogens with one attached hydrogen (secondary N) is 1. The molecule has 0 atom stereocenters. The Kier molecular flexibility index (Phi) is 5.55. The topological polar surface area (TPSA) is 88.1 Å². The second-order valence-electron chi connectivity index (χ2n) is 6.69. The molecule has 9 heteroatoms. The first-order valence-corrected chi connectivity index (χ1v) is 10.3. The summed E-state index contributed by atoms with van der Waals surface area (Å²) in [5.41, 5.74) is 2.66. The van der Waals surface area contributed by atoms with Crippen LogP contribution in [0.2, 0.25) is 5.02 Å². The van der Waals surface area contributed by atoms with Crippen molar-refractivity contribution in [3.63, 3.8) is 0 Å². The van der Waals surface area contributed by atoms with Gasteiger partial charge in [-0.15, -0.1) is 11.3 Å². The molecule has 0 saturated carbocycles. The molecule has 148 valence electrons. The zero-order valence-corrected chi connectivity index (χ0v) is 17.3. The molecule has 3 aromatic rings. The van der Waals surface area contributed by atoms with Crippen molar-refractivity contribution < 1.29 is 9.59 Å². The highest BCUT2D eigenvalue weighted by atomic mass is 35.5. The maximum atomic E-state index is 12.7. The zero-order chi connectivity index (χ0) is 20.4. The van der Waals surface area contributed by atoms with Crippen LogP contribution in [0.1, 0.15) is 36.6 Å². The number of aromatic nitrogens is 3. The van der Waals surface area contributed by atoms with E-state index in [0.29, 0.717) is 47.3 Å². The van der Waals surface area contributed by atoms with E-state index < -0.39 is 0 Å². The minimum absolute atomic E-state index is 0.131. The molecule has 0 unspecified atom stereocenters. The van der Waals surface area contributed by atoms with Gasteiger partial charge in [0.15, 0.2) is 5.01 Å². The molecule has 1 aliphatic heterocycles. The van der Waals surface area contributed by atoms with Crippen molar-refractivity contribution in [2.45, 2.75) is 19.8 Å². The number of anilines is 1. The fourth-order valence-electron chi connectivity index (χ4n) is 3.05. The minimum atomic E-state index is -0.242. The number of carbonyl (C=O) groups is 2. The molecule has 1 aliphatic rings. The normalized spacial score (nSPS) is 13.5. The Labute approximate surface area is 176 Å². The summed E-state index contributed by atoms with van der Waals surface area (Å²) in [5, 5.41) is 3.87. The lowest BCUT2D eigenvalue weighted by molar-refractivity contribution is 0.0756. The average Bonchev–Trinajstić information content (AvgIpc) is 3.03. The van der Waals surface area contributed by atoms with Crippen molar-refractivity contribution >= 4 is 40.4 Å². The first kappa shape index (κ1) is 19.5. The predicted molar refractivity (Wildman–Crippen MR) is 112 cm³/mol. The molecular formula is C20H18ClN5O2S. The molecular weight excluding hydrogens is 410 g/mol. The van der Waals surface area contributed by atoms with Gasteiger partial charge in [0.25, 0.3) is 11.8 Å². The van der Waals surface area contributed by atoms with Crippen LogP contribution >= 0.6 is 22.9 Å². The van der Waals surface area contributed by atoms with Crippen LogP contribution < -0.4 is 5.32 Å². The van der Waals surface area contributed by atoms with E-state index >= 15 is 0 Å². The second kappa shape index (κ2) is 8.26. The van der Waals surface area contributed by atoms with Gasteiger partial charge in [0.1, 0.15) is 5.69 Å². The Morgan fingerprint density at radius 3 is 2.59 bits per heavy atom. The second-order valence-corrected chi connectivity index (χ2v) is 8.21. The Hall–Kier alpha value is -2.84. The van der Waals surface area contributed by atoms with Crippen LogP contribution in [0.4, 0.5) is 5.69 Å². The standard InChI is InChI=1S/C20H18ClN5O2S/c1-12-10-23-16(11-22-12)20(28)26-8-6-15-17(7-9-26)29-19(25-15)18(27)24-14-4-2-13(21)3-5-14/h2-5,10-11H,6-9H2,1H3,(H,24,27). The summed E-state index contributed by atoms with van der Waals surface area (Å²) >= 11 is 7.25. The van der Waals surface area contributed by atoms with Crippen LogP contribution in [0.25, 0.3) is 0 Å². The van der Waals surface area contributed by atoms with Crippen molar-refractivity contribution in [1.82, 2.24) is 19.9 Å². The summed E-state index contributed by atoms with van der Waals surface area (Å²) in [7, 11) is 0. The van der Waals surface area contributed by atoms with Crippen LogP contribution in [0.15, 0.2) is 36.7 Å². The van der Waals surface area contributed by atoms with E-state index in [1.54, 1.807) is 35.4 Å². The number of halogens is 1. The van der Waals surface area contributed by atoms with E-state index in [-0.39, 0.29) is 11.8 Å². The monoisotopic (exact) mass is 427 g/mol. The lowest BCUT2D eigenvalue weighted by Gasteiger charge is -2.19. The number of benzene rings is 1. The third-order valence-corrected chi connectivity index (χ3v) is 6.00. The third kappa shape index (κ3) is 4.44. The quantitative estimate of drug-likeness (QED) is 0.692. The summed E-state index contributed by atoms with van der Waals surface area (Å²) in [5.74, 6) is -0.374. The molecule has 2 aromatic heterocycles. The average molecular weight is 428 g/mol. The molecule has 0 spiro atoms.